The van der Waals surface area contributed by atoms with Gasteiger partial charge in [0.25, 0.3) is 0 Å². The van der Waals surface area contributed by atoms with E-state index in [0.717, 1.165) is 18.1 Å². The fourth-order valence-electron chi connectivity index (χ4n) is 4.16. The number of hydrogen-bond donors (Lipinski definition) is 0. The predicted octanol–water partition coefficient (Wildman–Crippen LogP) is 7.54. The van der Waals surface area contributed by atoms with Gasteiger partial charge in [-0.2, -0.15) is 0 Å². The number of rotatable bonds is 8. The number of benzene rings is 2. The van der Waals surface area contributed by atoms with Gasteiger partial charge in [0.1, 0.15) is 12.4 Å². The van der Waals surface area contributed by atoms with Crippen LogP contribution in [0, 0.1) is 23.4 Å². The van der Waals surface area contributed by atoms with Crippen molar-refractivity contribution in [2.45, 2.75) is 70.8 Å². The molecule has 0 saturated heterocycles. The molecule has 0 radical (unpaired) electrons. The van der Waals surface area contributed by atoms with Gasteiger partial charge < -0.3 is 4.74 Å². The van der Waals surface area contributed by atoms with Crippen molar-refractivity contribution in [2.75, 3.05) is 0 Å². The molecule has 28 heavy (non-hydrogen) atoms. The Kier molecular flexibility index (Phi) is 7.41. The largest absolute Gasteiger partial charge is 0.489 e. The average Bonchev–Trinajstić information content (AvgIpc) is 2.71. The van der Waals surface area contributed by atoms with Crippen molar-refractivity contribution in [3.8, 4) is 5.75 Å². The minimum absolute atomic E-state index is 0.00364. The minimum Gasteiger partial charge on any atom is -0.489 e. The second-order valence-electron chi connectivity index (χ2n) is 7.94. The molecule has 0 aliphatic heterocycles. The van der Waals surface area contributed by atoms with Gasteiger partial charge in [0.15, 0.2) is 17.5 Å². The number of hydrogen-bond acceptors (Lipinski definition) is 1. The normalized spacial score (nSPS) is 19.6. The summed E-state index contributed by atoms with van der Waals surface area (Å²) in [5.41, 5.74) is 1.60. The van der Waals surface area contributed by atoms with Crippen LogP contribution in [0.1, 0.15) is 75.3 Å². The van der Waals surface area contributed by atoms with Crippen molar-refractivity contribution in [2.24, 2.45) is 5.92 Å². The van der Waals surface area contributed by atoms with Crippen molar-refractivity contribution in [1.29, 1.82) is 0 Å². The number of unbranched alkanes of at least 4 members (excludes halogenated alkanes) is 2. The standard InChI is InChI=1S/C24H29F3O/c1-2-3-4-5-17-6-8-19(9-7-17)20-10-12-21(13-11-20)28-16-18-14-22(25)24(27)23(26)15-18/h10-15,17,19H,2-9,16H2,1H3/t17-,19-. The van der Waals surface area contributed by atoms with Crippen LogP contribution in [-0.4, -0.2) is 0 Å². The molecule has 1 nitrogen and oxygen atoms in total. The first-order valence-electron chi connectivity index (χ1n) is 10.4. The second kappa shape index (κ2) is 9.99. The zero-order valence-corrected chi connectivity index (χ0v) is 16.5. The molecule has 0 atom stereocenters. The highest BCUT2D eigenvalue weighted by atomic mass is 19.2. The number of halogens is 3. The fourth-order valence-corrected chi connectivity index (χ4v) is 4.16. The average molecular weight is 390 g/mol. The van der Waals surface area contributed by atoms with Crippen molar-refractivity contribution in [1.82, 2.24) is 0 Å². The molecule has 0 aromatic heterocycles. The molecule has 1 fully saturated rings. The summed E-state index contributed by atoms with van der Waals surface area (Å²) in [6.07, 6.45) is 10.5. The van der Waals surface area contributed by atoms with E-state index in [4.69, 9.17) is 4.74 Å². The SMILES string of the molecule is CCCCC[C@H]1CC[C@H](c2ccc(OCc3cc(F)c(F)c(F)c3)cc2)CC1. The first kappa shape index (κ1) is 20.8. The summed E-state index contributed by atoms with van der Waals surface area (Å²) in [6.45, 7) is 2.25. The van der Waals surface area contributed by atoms with Gasteiger partial charge in [0, 0.05) is 0 Å². The zero-order chi connectivity index (χ0) is 19.9. The fraction of sp³-hybridized carbons (Fsp3) is 0.500. The van der Waals surface area contributed by atoms with Gasteiger partial charge in [-0.15, -0.1) is 0 Å². The molecule has 2 aromatic rings. The Hall–Kier alpha value is -1.97. The third-order valence-corrected chi connectivity index (χ3v) is 5.86. The van der Waals surface area contributed by atoms with Gasteiger partial charge in [-0.1, -0.05) is 44.7 Å². The summed E-state index contributed by atoms with van der Waals surface area (Å²) < 4.78 is 45.1. The van der Waals surface area contributed by atoms with Crippen molar-refractivity contribution >= 4 is 0 Å². The molecule has 4 heteroatoms. The van der Waals surface area contributed by atoms with Crippen LogP contribution in [0.5, 0.6) is 5.75 Å². The van der Waals surface area contributed by atoms with E-state index >= 15 is 0 Å². The highest BCUT2D eigenvalue weighted by molar-refractivity contribution is 5.30. The van der Waals surface area contributed by atoms with Crippen LogP contribution >= 0.6 is 0 Å². The molecule has 0 bridgehead atoms. The molecule has 1 saturated carbocycles. The van der Waals surface area contributed by atoms with Crippen LogP contribution in [-0.2, 0) is 6.61 Å². The highest BCUT2D eigenvalue weighted by Gasteiger charge is 2.22. The maximum atomic E-state index is 13.3. The lowest BCUT2D eigenvalue weighted by molar-refractivity contribution is 0.299. The Morgan fingerprint density at radius 1 is 0.893 bits per heavy atom. The molecule has 0 unspecified atom stereocenters. The van der Waals surface area contributed by atoms with Crippen LogP contribution in [0.4, 0.5) is 13.2 Å². The molecule has 3 rings (SSSR count). The molecule has 2 aromatic carbocycles. The van der Waals surface area contributed by atoms with Crippen LogP contribution in [0.25, 0.3) is 0 Å². The molecule has 0 amide bonds. The first-order chi connectivity index (χ1) is 13.6. The topological polar surface area (TPSA) is 9.23 Å². The smallest absolute Gasteiger partial charge is 0.194 e. The van der Waals surface area contributed by atoms with Gasteiger partial charge in [0.05, 0.1) is 0 Å². The van der Waals surface area contributed by atoms with E-state index < -0.39 is 17.5 Å². The van der Waals surface area contributed by atoms with Gasteiger partial charge >= 0.3 is 0 Å². The van der Waals surface area contributed by atoms with E-state index in [1.807, 2.05) is 12.1 Å². The van der Waals surface area contributed by atoms with E-state index in [-0.39, 0.29) is 12.2 Å². The van der Waals surface area contributed by atoms with E-state index in [2.05, 4.69) is 19.1 Å². The Labute approximate surface area is 165 Å². The molecule has 0 N–H and O–H groups in total. The Balaban J connectivity index is 1.49. The first-order valence-corrected chi connectivity index (χ1v) is 10.4. The molecule has 0 spiro atoms. The molecule has 0 heterocycles. The van der Waals surface area contributed by atoms with Crippen molar-refractivity contribution in [3.63, 3.8) is 0 Å². The summed E-state index contributed by atoms with van der Waals surface area (Å²) in [6, 6.07) is 9.90. The predicted molar refractivity (Wildman–Crippen MR) is 106 cm³/mol. The third-order valence-electron chi connectivity index (χ3n) is 5.86. The van der Waals surface area contributed by atoms with Crippen molar-refractivity contribution in [3.05, 3.63) is 65.0 Å². The zero-order valence-electron chi connectivity index (χ0n) is 16.5. The van der Waals surface area contributed by atoms with E-state index in [1.165, 1.54) is 56.9 Å². The van der Waals surface area contributed by atoms with Gasteiger partial charge in [-0.25, -0.2) is 13.2 Å². The summed E-state index contributed by atoms with van der Waals surface area (Å²) in [5, 5.41) is 0. The second-order valence-corrected chi connectivity index (χ2v) is 7.94. The molecular weight excluding hydrogens is 361 g/mol. The lowest BCUT2D eigenvalue weighted by atomic mass is 9.77. The third kappa shape index (κ3) is 5.52. The monoisotopic (exact) mass is 390 g/mol. The van der Waals surface area contributed by atoms with Crippen LogP contribution in [0.2, 0.25) is 0 Å². The lowest BCUT2D eigenvalue weighted by Gasteiger charge is -2.29. The molecule has 1 aliphatic rings. The maximum absolute atomic E-state index is 13.3. The molecular formula is C24H29F3O. The van der Waals surface area contributed by atoms with Gasteiger partial charge in [-0.05, 0) is 72.9 Å². The van der Waals surface area contributed by atoms with Gasteiger partial charge in [-0.3, -0.25) is 0 Å². The minimum atomic E-state index is -1.45. The Morgan fingerprint density at radius 3 is 2.14 bits per heavy atom. The quantitative estimate of drug-likeness (QED) is 0.334. The van der Waals surface area contributed by atoms with Crippen LogP contribution in [0.3, 0.4) is 0 Å². The maximum Gasteiger partial charge on any atom is 0.194 e. The highest BCUT2D eigenvalue weighted by Crippen LogP contribution is 2.38. The summed E-state index contributed by atoms with van der Waals surface area (Å²) in [5.74, 6) is -1.70. The number of ether oxygens (including phenoxy) is 1. The Bertz CT molecular complexity index is 726. The van der Waals surface area contributed by atoms with Crippen LogP contribution in [0.15, 0.2) is 36.4 Å². The van der Waals surface area contributed by atoms with E-state index in [0.29, 0.717) is 11.7 Å². The lowest BCUT2D eigenvalue weighted by Crippen LogP contribution is -2.13. The molecule has 152 valence electrons. The van der Waals surface area contributed by atoms with E-state index in [1.54, 1.807) is 0 Å². The summed E-state index contributed by atoms with van der Waals surface area (Å²) in [7, 11) is 0. The summed E-state index contributed by atoms with van der Waals surface area (Å²) >= 11 is 0. The van der Waals surface area contributed by atoms with Crippen LogP contribution < -0.4 is 4.74 Å². The van der Waals surface area contributed by atoms with E-state index in [9.17, 15) is 13.2 Å². The summed E-state index contributed by atoms with van der Waals surface area (Å²) in [4.78, 5) is 0. The van der Waals surface area contributed by atoms with Crippen molar-refractivity contribution < 1.29 is 17.9 Å². The molecule has 1 aliphatic carbocycles. The van der Waals surface area contributed by atoms with Gasteiger partial charge in [0.2, 0.25) is 0 Å². The Morgan fingerprint density at radius 2 is 1.54 bits per heavy atom.